The normalized spacial score (nSPS) is 10.7. The number of hydrogen-bond donors (Lipinski definition) is 1. The van der Waals surface area contributed by atoms with Gasteiger partial charge in [0, 0.05) is 22.8 Å². The van der Waals surface area contributed by atoms with Gasteiger partial charge in [-0.2, -0.15) is 0 Å². The Labute approximate surface area is 105 Å². The maximum Gasteiger partial charge on any atom is 0.124 e. The van der Waals surface area contributed by atoms with Crippen molar-refractivity contribution in [1.82, 2.24) is 10.1 Å². The van der Waals surface area contributed by atoms with E-state index in [0.717, 1.165) is 28.0 Å². The van der Waals surface area contributed by atoms with Gasteiger partial charge in [0.25, 0.3) is 0 Å². The Hall–Kier alpha value is -2.36. The molecule has 0 saturated carbocycles. The second kappa shape index (κ2) is 4.49. The summed E-state index contributed by atoms with van der Waals surface area (Å²) in [5.41, 5.74) is 3.95. The summed E-state index contributed by atoms with van der Waals surface area (Å²) in [5.74, 6) is 0. The van der Waals surface area contributed by atoms with Crippen LogP contribution >= 0.6 is 0 Å². The molecule has 0 radical (unpaired) electrons. The minimum atomic E-state index is 0.643. The lowest BCUT2D eigenvalue weighted by Crippen LogP contribution is -2.01. The van der Waals surface area contributed by atoms with E-state index in [1.54, 1.807) is 6.26 Å². The van der Waals surface area contributed by atoms with Crippen LogP contribution in [0.3, 0.4) is 0 Å². The minimum Gasteiger partial charge on any atom is -0.379 e. The van der Waals surface area contributed by atoms with Crippen molar-refractivity contribution in [3.63, 3.8) is 0 Å². The molecule has 1 aromatic carbocycles. The Morgan fingerprint density at radius 1 is 1.22 bits per heavy atom. The third kappa shape index (κ3) is 2.05. The summed E-state index contributed by atoms with van der Waals surface area (Å²) in [5, 5.41) is 8.37. The first-order valence-corrected chi connectivity index (χ1v) is 5.82. The molecule has 18 heavy (non-hydrogen) atoms. The number of anilines is 1. The van der Waals surface area contributed by atoms with Gasteiger partial charge in [-0.25, -0.2) is 0 Å². The maximum absolute atomic E-state index is 4.81. The molecular weight excluding hydrogens is 226 g/mol. The van der Waals surface area contributed by atoms with Crippen molar-refractivity contribution in [1.29, 1.82) is 0 Å². The largest absolute Gasteiger partial charge is 0.379 e. The van der Waals surface area contributed by atoms with Crippen molar-refractivity contribution in [3.05, 3.63) is 54.0 Å². The fourth-order valence-electron chi connectivity index (χ4n) is 1.97. The summed E-state index contributed by atoms with van der Waals surface area (Å²) in [6.45, 7) is 2.64. The zero-order valence-electron chi connectivity index (χ0n) is 10.1. The highest BCUT2D eigenvalue weighted by molar-refractivity contribution is 5.91. The Morgan fingerprint density at radius 3 is 2.94 bits per heavy atom. The zero-order chi connectivity index (χ0) is 12.4. The SMILES string of the molecule is Cc1cc(NCc2ccon2)c2ccccc2n1. The molecule has 0 aliphatic carbocycles. The zero-order valence-corrected chi connectivity index (χ0v) is 10.1. The van der Waals surface area contributed by atoms with E-state index < -0.39 is 0 Å². The van der Waals surface area contributed by atoms with Crippen LogP contribution in [0, 0.1) is 6.92 Å². The fourth-order valence-corrected chi connectivity index (χ4v) is 1.97. The molecule has 0 saturated heterocycles. The topological polar surface area (TPSA) is 51.0 Å². The molecule has 1 N–H and O–H groups in total. The molecule has 0 bridgehead atoms. The van der Waals surface area contributed by atoms with Crippen molar-refractivity contribution in [2.75, 3.05) is 5.32 Å². The average Bonchev–Trinajstić information content (AvgIpc) is 2.89. The molecule has 4 nitrogen and oxygen atoms in total. The Bertz CT molecular complexity index is 662. The Balaban J connectivity index is 1.95. The lowest BCUT2D eigenvalue weighted by Gasteiger charge is -2.09. The molecule has 0 spiro atoms. The van der Waals surface area contributed by atoms with Crippen LogP contribution < -0.4 is 5.32 Å². The van der Waals surface area contributed by atoms with E-state index in [-0.39, 0.29) is 0 Å². The summed E-state index contributed by atoms with van der Waals surface area (Å²) < 4.78 is 4.81. The van der Waals surface area contributed by atoms with E-state index in [4.69, 9.17) is 4.52 Å². The molecule has 0 aliphatic rings. The second-order valence-corrected chi connectivity index (χ2v) is 4.17. The first kappa shape index (κ1) is 10.8. The Kier molecular flexibility index (Phi) is 2.68. The average molecular weight is 239 g/mol. The third-order valence-electron chi connectivity index (χ3n) is 2.80. The predicted octanol–water partition coefficient (Wildman–Crippen LogP) is 3.14. The van der Waals surface area contributed by atoms with Gasteiger partial charge in [-0.05, 0) is 19.1 Å². The molecule has 90 valence electrons. The summed E-state index contributed by atoms with van der Waals surface area (Å²) in [6, 6.07) is 12.0. The van der Waals surface area contributed by atoms with E-state index >= 15 is 0 Å². The quantitative estimate of drug-likeness (QED) is 0.762. The number of hydrogen-bond acceptors (Lipinski definition) is 4. The number of rotatable bonds is 3. The highest BCUT2D eigenvalue weighted by Gasteiger charge is 2.04. The van der Waals surface area contributed by atoms with Gasteiger partial charge in [-0.15, -0.1) is 0 Å². The minimum absolute atomic E-state index is 0.643. The molecule has 0 atom stereocenters. The van der Waals surface area contributed by atoms with Gasteiger partial charge in [0.1, 0.15) is 12.0 Å². The second-order valence-electron chi connectivity index (χ2n) is 4.17. The molecule has 0 fully saturated rings. The molecule has 2 aromatic heterocycles. The van der Waals surface area contributed by atoms with Crippen molar-refractivity contribution in [3.8, 4) is 0 Å². The van der Waals surface area contributed by atoms with Gasteiger partial charge >= 0.3 is 0 Å². The smallest absolute Gasteiger partial charge is 0.124 e. The highest BCUT2D eigenvalue weighted by atomic mass is 16.5. The van der Waals surface area contributed by atoms with Gasteiger partial charge < -0.3 is 9.84 Å². The van der Waals surface area contributed by atoms with Crippen LogP contribution in [0.1, 0.15) is 11.4 Å². The number of pyridine rings is 1. The van der Waals surface area contributed by atoms with Crippen LogP contribution in [-0.2, 0) is 6.54 Å². The van der Waals surface area contributed by atoms with Crippen LogP contribution in [0.25, 0.3) is 10.9 Å². The molecule has 3 rings (SSSR count). The van der Waals surface area contributed by atoms with Gasteiger partial charge in [0.15, 0.2) is 0 Å². The Morgan fingerprint density at radius 2 is 2.11 bits per heavy atom. The summed E-state index contributed by atoms with van der Waals surface area (Å²) in [7, 11) is 0. The standard InChI is InChI=1S/C14H13N3O/c1-10-8-14(15-9-11-6-7-18-17-11)12-4-2-3-5-13(12)16-10/h2-8H,9H2,1H3,(H,15,16). The van der Waals surface area contributed by atoms with Gasteiger partial charge in [-0.3, -0.25) is 4.98 Å². The maximum atomic E-state index is 4.81. The molecule has 3 aromatic rings. The van der Waals surface area contributed by atoms with Gasteiger partial charge in [0.05, 0.1) is 12.1 Å². The summed E-state index contributed by atoms with van der Waals surface area (Å²) in [6.07, 6.45) is 1.58. The van der Waals surface area contributed by atoms with E-state index in [9.17, 15) is 0 Å². The van der Waals surface area contributed by atoms with Gasteiger partial charge in [0.2, 0.25) is 0 Å². The monoisotopic (exact) mass is 239 g/mol. The predicted molar refractivity (Wildman–Crippen MR) is 70.3 cm³/mol. The number of fused-ring (bicyclic) bond motifs is 1. The summed E-state index contributed by atoms with van der Waals surface area (Å²) in [4.78, 5) is 4.51. The van der Waals surface area contributed by atoms with Crippen molar-refractivity contribution >= 4 is 16.6 Å². The molecule has 2 heterocycles. The number of para-hydroxylation sites is 1. The van der Waals surface area contributed by atoms with Crippen molar-refractivity contribution < 1.29 is 4.52 Å². The van der Waals surface area contributed by atoms with E-state index in [1.807, 2.05) is 37.3 Å². The molecule has 4 heteroatoms. The van der Waals surface area contributed by atoms with Crippen LogP contribution in [0.15, 0.2) is 47.2 Å². The lowest BCUT2D eigenvalue weighted by atomic mass is 10.1. The number of aromatic nitrogens is 2. The van der Waals surface area contributed by atoms with E-state index in [0.29, 0.717) is 6.54 Å². The van der Waals surface area contributed by atoms with Crippen LogP contribution in [0.4, 0.5) is 5.69 Å². The van der Waals surface area contributed by atoms with Gasteiger partial charge in [-0.1, -0.05) is 23.4 Å². The molecule has 0 amide bonds. The molecular formula is C14H13N3O. The number of nitrogens with zero attached hydrogens (tertiary/aromatic N) is 2. The van der Waals surface area contributed by atoms with E-state index in [2.05, 4.69) is 21.5 Å². The first-order valence-electron chi connectivity index (χ1n) is 5.82. The van der Waals surface area contributed by atoms with Crippen molar-refractivity contribution in [2.24, 2.45) is 0 Å². The molecule has 0 aliphatic heterocycles. The van der Waals surface area contributed by atoms with Crippen LogP contribution in [0.2, 0.25) is 0 Å². The van der Waals surface area contributed by atoms with Crippen LogP contribution in [0.5, 0.6) is 0 Å². The van der Waals surface area contributed by atoms with E-state index in [1.165, 1.54) is 0 Å². The number of aryl methyl sites for hydroxylation is 1. The fraction of sp³-hybridized carbons (Fsp3) is 0.143. The third-order valence-corrected chi connectivity index (χ3v) is 2.80. The lowest BCUT2D eigenvalue weighted by molar-refractivity contribution is 0.412. The summed E-state index contributed by atoms with van der Waals surface area (Å²) >= 11 is 0. The van der Waals surface area contributed by atoms with Crippen LogP contribution in [-0.4, -0.2) is 10.1 Å². The first-order chi connectivity index (χ1) is 8.83. The van der Waals surface area contributed by atoms with Crippen molar-refractivity contribution in [2.45, 2.75) is 13.5 Å². The number of benzene rings is 1. The highest BCUT2D eigenvalue weighted by Crippen LogP contribution is 2.23. The number of nitrogens with one attached hydrogen (secondary N) is 1. The molecule has 0 unspecified atom stereocenters.